The molecule has 0 aromatic carbocycles. The normalized spacial score (nSPS) is 8.80. The second-order valence-electron chi connectivity index (χ2n) is 3.45. The van der Waals surface area contributed by atoms with Crippen LogP contribution in [0.4, 0.5) is 0 Å². The van der Waals surface area contributed by atoms with E-state index in [9.17, 15) is 19.2 Å². The average molecular weight is 270 g/mol. The van der Waals surface area contributed by atoms with E-state index in [0.29, 0.717) is 11.1 Å². The summed E-state index contributed by atoms with van der Waals surface area (Å²) in [5, 5.41) is 0. The van der Waals surface area contributed by atoms with Gasteiger partial charge < -0.3 is 0 Å². The standard InChI is InChI=1S/2C7H5NO2/c2*9-5-7(10)6-2-1-3-8-4-6/h2*1-5H. The fourth-order valence-electron chi connectivity index (χ4n) is 1.15. The van der Waals surface area contributed by atoms with Crippen molar-refractivity contribution in [3.8, 4) is 0 Å². The molecular weight excluding hydrogens is 260 g/mol. The number of nitrogens with zero attached hydrogens (tertiary/aromatic N) is 2. The Labute approximate surface area is 114 Å². The van der Waals surface area contributed by atoms with Crippen molar-refractivity contribution >= 4 is 24.1 Å². The summed E-state index contributed by atoms with van der Waals surface area (Å²) in [4.78, 5) is 48.4. The maximum absolute atomic E-state index is 10.6. The Morgan fingerprint density at radius 2 is 1.20 bits per heavy atom. The molecule has 20 heavy (non-hydrogen) atoms. The van der Waals surface area contributed by atoms with Gasteiger partial charge >= 0.3 is 0 Å². The van der Waals surface area contributed by atoms with E-state index in [0.717, 1.165) is 0 Å². The van der Waals surface area contributed by atoms with Gasteiger partial charge in [-0.25, -0.2) is 0 Å². The Balaban J connectivity index is 0.000000200. The molecule has 0 fully saturated rings. The van der Waals surface area contributed by atoms with Crippen LogP contribution in [0.5, 0.6) is 0 Å². The van der Waals surface area contributed by atoms with Crippen molar-refractivity contribution in [2.75, 3.05) is 0 Å². The lowest BCUT2D eigenvalue weighted by Crippen LogP contribution is -1.99. The largest absolute Gasteiger partial charge is 0.294 e. The zero-order chi connectivity index (χ0) is 14.8. The minimum atomic E-state index is -0.534. The lowest BCUT2D eigenvalue weighted by Gasteiger charge is -1.87. The van der Waals surface area contributed by atoms with Crippen LogP contribution >= 0.6 is 0 Å². The molecule has 0 saturated carbocycles. The number of pyridine rings is 2. The third kappa shape index (κ3) is 4.69. The summed E-state index contributed by atoms with van der Waals surface area (Å²) in [7, 11) is 0. The molecular formula is C14H10N2O4. The Kier molecular flexibility index (Phi) is 6.13. The van der Waals surface area contributed by atoms with Gasteiger partial charge in [-0.15, -0.1) is 0 Å². The summed E-state index contributed by atoms with van der Waals surface area (Å²) in [6, 6.07) is 6.31. The van der Waals surface area contributed by atoms with E-state index in [4.69, 9.17) is 0 Å². The van der Waals surface area contributed by atoms with Crippen LogP contribution in [-0.4, -0.2) is 34.1 Å². The highest BCUT2D eigenvalue weighted by molar-refractivity contribution is 6.33. The van der Waals surface area contributed by atoms with Gasteiger partial charge in [-0.05, 0) is 24.3 Å². The summed E-state index contributed by atoms with van der Waals surface area (Å²) in [5.74, 6) is -1.07. The summed E-state index contributed by atoms with van der Waals surface area (Å²) < 4.78 is 0. The molecule has 0 bridgehead atoms. The molecule has 6 heteroatoms. The third-order valence-electron chi connectivity index (χ3n) is 2.11. The first-order valence-corrected chi connectivity index (χ1v) is 5.48. The first-order valence-electron chi connectivity index (χ1n) is 5.48. The number of hydrogen-bond acceptors (Lipinski definition) is 6. The van der Waals surface area contributed by atoms with Gasteiger partial charge in [-0.3, -0.25) is 29.1 Å². The van der Waals surface area contributed by atoms with Gasteiger partial charge in [0, 0.05) is 35.9 Å². The Morgan fingerprint density at radius 1 is 0.800 bits per heavy atom. The Bertz CT molecular complexity index is 542. The first-order chi connectivity index (χ1) is 9.69. The average Bonchev–Trinajstić information content (AvgIpc) is 2.55. The summed E-state index contributed by atoms with van der Waals surface area (Å²) >= 11 is 0. The monoisotopic (exact) mass is 270 g/mol. The molecule has 0 aliphatic heterocycles. The van der Waals surface area contributed by atoms with Crippen molar-refractivity contribution in [3.63, 3.8) is 0 Å². The molecule has 2 rings (SSSR count). The number of hydrogen-bond donors (Lipinski definition) is 0. The fraction of sp³-hybridized carbons (Fsp3) is 0. The van der Waals surface area contributed by atoms with Crippen molar-refractivity contribution in [2.24, 2.45) is 0 Å². The number of ketones is 2. The zero-order valence-electron chi connectivity index (χ0n) is 10.3. The summed E-state index contributed by atoms with van der Waals surface area (Å²) in [5.41, 5.74) is 0.662. The van der Waals surface area contributed by atoms with Crippen molar-refractivity contribution in [2.45, 2.75) is 0 Å². The summed E-state index contributed by atoms with van der Waals surface area (Å²) in [6.07, 6.45) is 6.35. The highest BCUT2D eigenvalue weighted by Crippen LogP contribution is 1.94. The maximum Gasteiger partial charge on any atom is 0.226 e. The molecule has 0 spiro atoms. The topological polar surface area (TPSA) is 94.1 Å². The minimum absolute atomic E-state index is 0.275. The quantitative estimate of drug-likeness (QED) is 0.466. The van der Waals surface area contributed by atoms with Crippen LogP contribution in [0.1, 0.15) is 20.7 Å². The van der Waals surface area contributed by atoms with Crippen LogP contribution in [0.3, 0.4) is 0 Å². The molecule has 0 N–H and O–H groups in total. The predicted octanol–water partition coefficient (Wildman–Crippen LogP) is 0.926. The van der Waals surface area contributed by atoms with Crippen molar-refractivity contribution in [3.05, 3.63) is 60.2 Å². The van der Waals surface area contributed by atoms with Crippen LogP contribution in [-0.2, 0) is 9.59 Å². The molecule has 0 unspecified atom stereocenters. The van der Waals surface area contributed by atoms with E-state index >= 15 is 0 Å². The van der Waals surface area contributed by atoms with Gasteiger partial charge in [0.1, 0.15) is 0 Å². The van der Waals surface area contributed by atoms with Crippen LogP contribution in [0.2, 0.25) is 0 Å². The number of aldehydes is 2. The highest BCUT2D eigenvalue weighted by Gasteiger charge is 2.01. The molecule has 0 radical (unpaired) electrons. The molecule has 0 aliphatic rings. The number of rotatable bonds is 4. The van der Waals surface area contributed by atoms with Crippen molar-refractivity contribution < 1.29 is 19.2 Å². The molecule has 2 aromatic heterocycles. The van der Waals surface area contributed by atoms with E-state index in [1.807, 2.05) is 0 Å². The highest BCUT2D eigenvalue weighted by atomic mass is 16.2. The lowest BCUT2D eigenvalue weighted by molar-refractivity contribution is -0.105. The second kappa shape index (κ2) is 8.15. The van der Waals surface area contributed by atoms with Gasteiger partial charge in [0.05, 0.1) is 0 Å². The van der Waals surface area contributed by atoms with Gasteiger partial charge in [-0.2, -0.15) is 0 Å². The number of carbonyl (C=O) groups is 4. The molecule has 0 saturated heterocycles. The van der Waals surface area contributed by atoms with Gasteiger partial charge in [0.25, 0.3) is 0 Å². The van der Waals surface area contributed by atoms with E-state index in [1.165, 1.54) is 12.4 Å². The molecule has 100 valence electrons. The predicted molar refractivity (Wildman–Crippen MR) is 69.3 cm³/mol. The molecule has 6 nitrogen and oxygen atoms in total. The zero-order valence-corrected chi connectivity index (χ0v) is 10.3. The van der Waals surface area contributed by atoms with Crippen LogP contribution < -0.4 is 0 Å². The van der Waals surface area contributed by atoms with Gasteiger partial charge in [-0.1, -0.05) is 0 Å². The second-order valence-corrected chi connectivity index (χ2v) is 3.45. The smallest absolute Gasteiger partial charge is 0.226 e. The Hall–Kier alpha value is -3.02. The SMILES string of the molecule is O=CC(=O)c1cccnc1.O=CC(=O)c1cccnc1. The van der Waals surface area contributed by atoms with Crippen molar-refractivity contribution in [1.82, 2.24) is 9.97 Å². The minimum Gasteiger partial charge on any atom is -0.294 e. The van der Waals surface area contributed by atoms with E-state index in [1.54, 1.807) is 36.7 Å². The Morgan fingerprint density at radius 3 is 1.45 bits per heavy atom. The van der Waals surface area contributed by atoms with Crippen LogP contribution in [0, 0.1) is 0 Å². The number of aromatic nitrogens is 2. The molecule has 0 atom stereocenters. The molecule has 0 aliphatic carbocycles. The van der Waals surface area contributed by atoms with E-state index in [2.05, 4.69) is 9.97 Å². The lowest BCUT2D eigenvalue weighted by atomic mass is 10.2. The fourth-order valence-corrected chi connectivity index (χ4v) is 1.15. The van der Waals surface area contributed by atoms with Gasteiger partial charge in [0.2, 0.25) is 11.6 Å². The van der Waals surface area contributed by atoms with Gasteiger partial charge in [0.15, 0.2) is 12.6 Å². The number of carbonyl (C=O) groups excluding carboxylic acids is 4. The van der Waals surface area contributed by atoms with Crippen LogP contribution in [0.15, 0.2) is 49.1 Å². The van der Waals surface area contributed by atoms with Crippen molar-refractivity contribution in [1.29, 1.82) is 0 Å². The van der Waals surface area contributed by atoms with E-state index < -0.39 is 11.6 Å². The summed E-state index contributed by atoms with van der Waals surface area (Å²) in [6.45, 7) is 0. The molecule has 2 heterocycles. The molecule has 2 aromatic rings. The maximum atomic E-state index is 10.6. The number of Topliss-reactive ketones (excluding diaryl/α,β-unsaturated/α-hetero) is 2. The first kappa shape index (κ1) is 15.0. The van der Waals surface area contributed by atoms with Crippen LogP contribution in [0.25, 0.3) is 0 Å². The molecule has 0 amide bonds. The third-order valence-corrected chi connectivity index (χ3v) is 2.11. The van der Waals surface area contributed by atoms with E-state index in [-0.39, 0.29) is 12.6 Å².